The largest absolute Gasteiger partial charge is 0.485 e. The van der Waals surface area contributed by atoms with Crippen molar-refractivity contribution in [2.75, 3.05) is 6.61 Å². The molecule has 0 aromatic heterocycles. The molecule has 5 aromatic carbocycles. The van der Waals surface area contributed by atoms with Gasteiger partial charge in [0.2, 0.25) is 11.5 Å². The van der Waals surface area contributed by atoms with Gasteiger partial charge in [-0.05, 0) is 57.2 Å². The van der Waals surface area contributed by atoms with Gasteiger partial charge in [-0.15, -0.1) is 0 Å². The van der Waals surface area contributed by atoms with Crippen molar-refractivity contribution >= 4 is 11.9 Å². The molecule has 51 heavy (non-hydrogen) atoms. The zero-order valence-electron chi connectivity index (χ0n) is 28.2. The summed E-state index contributed by atoms with van der Waals surface area (Å²) in [6, 6.07) is 33.6. The van der Waals surface area contributed by atoms with Crippen LogP contribution in [-0.4, -0.2) is 24.1 Å². The Morgan fingerprint density at radius 3 is 1.76 bits per heavy atom. The lowest BCUT2D eigenvalue weighted by atomic mass is 9.97. The maximum Gasteiger partial charge on any atom is 0.343 e. The van der Waals surface area contributed by atoms with E-state index in [9.17, 15) is 9.59 Å². The molecule has 0 aliphatic carbocycles. The first kappa shape index (κ1) is 33.2. The van der Waals surface area contributed by atoms with Gasteiger partial charge in [-0.2, -0.15) is 0 Å². The van der Waals surface area contributed by atoms with Gasteiger partial charge in [-0.1, -0.05) is 91.5 Å². The molecule has 0 bridgehead atoms. The third kappa shape index (κ3) is 6.44. The van der Waals surface area contributed by atoms with Gasteiger partial charge < -0.3 is 33.2 Å². The molecule has 5 aromatic rings. The molecule has 7 rings (SSSR count). The number of benzene rings is 5. The summed E-state index contributed by atoms with van der Waals surface area (Å²) in [5.74, 6) is -3.86. The Morgan fingerprint density at radius 2 is 1.20 bits per heavy atom. The van der Waals surface area contributed by atoms with E-state index in [-0.39, 0.29) is 46.5 Å². The van der Waals surface area contributed by atoms with Gasteiger partial charge >= 0.3 is 23.6 Å². The van der Waals surface area contributed by atoms with Crippen molar-refractivity contribution in [3.05, 3.63) is 156 Å². The minimum Gasteiger partial charge on any atom is -0.485 e. The fourth-order valence-corrected chi connectivity index (χ4v) is 5.73. The SMILES string of the molecule is C=CCOc1cc(C(=O)Oc2cc(C(=O)OC(C)(C)C)cc3c2OC(N)(c2ccccc2)O3)cc2c1OC(c1ccccc1)(c1ccccc1)O2. The molecular formula is C41H35NO9. The van der Waals surface area contributed by atoms with Crippen LogP contribution in [0, 0.1) is 0 Å². The maximum atomic E-state index is 14.0. The van der Waals surface area contributed by atoms with E-state index in [2.05, 4.69) is 6.58 Å². The van der Waals surface area contributed by atoms with Crippen LogP contribution in [0.25, 0.3) is 0 Å². The van der Waals surface area contributed by atoms with Crippen molar-refractivity contribution in [3.8, 4) is 34.5 Å². The van der Waals surface area contributed by atoms with Crippen LogP contribution in [0.2, 0.25) is 0 Å². The number of hydrogen-bond acceptors (Lipinski definition) is 10. The number of carbonyl (C=O) groups is 2. The summed E-state index contributed by atoms with van der Waals surface area (Å²) in [7, 11) is 0. The van der Waals surface area contributed by atoms with E-state index >= 15 is 0 Å². The summed E-state index contributed by atoms with van der Waals surface area (Å²) >= 11 is 0. The van der Waals surface area contributed by atoms with Crippen LogP contribution in [0.1, 0.15) is 58.2 Å². The minimum atomic E-state index is -1.76. The van der Waals surface area contributed by atoms with E-state index in [1.54, 1.807) is 51.1 Å². The van der Waals surface area contributed by atoms with Crippen molar-refractivity contribution in [1.82, 2.24) is 0 Å². The van der Waals surface area contributed by atoms with Gasteiger partial charge in [-0.25, -0.2) is 9.59 Å². The predicted octanol–water partition coefficient (Wildman–Crippen LogP) is 7.64. The molecule has 0 saturated carbocycles. The second-order valence-corrected chi connectivity index (χ2v) is 12.9. The summed E-state index contributed by atoms with van der Waals surface area (Å²) in [6.45, 7) is 9.11. The summed E-state index contributed by atoms with van der Waals surface area (Å²) in [4.78, 5) is 27.3. The van der Waals surface area contributed by atoms with Crippen molar-refractivity contribution in [1.29, 1.82) is 0 Å². The Kier molecular flexibility index (Phi) is 8.40. The monoisotopic (exact) mass is 685 g/mol. The molecule has 0 radical (unpaired) electrons. The molecule has 10 nitrogen and oxygen atoms in total. The third-order valence-electron chi connectivity index (χ3n) is 7.97. The van der Waals surface area contributed by atoms with Crippen molar-refractivity contribution in [2.45, 2.75) is 38.1 Å². The first-order valence-electron chi connectivity index (χ1n) is 16.2. The first-order valence-corrected chi connectivity index (χ1v) is 16.2. The van der Waals surface area contributed by atoms with Gasteiger partial charge in [0, 0.05) is 11.1 Å². The fourth-order valence-electron chi connectivity index (χ4n) is 5.73. The van der Waals surface area contributed by atoms with E-state index in [0.29, 0.717) is 11.3 Å². The highest BCUT2D eigenvalue weighted by Crippen LogP contribution is 2.53. The molecule has 2 aliphatic rings. The second-order valence-electron chi connectivity index (χ2n) is 12.9. The molecule has 1 atom stereocenters. The summed E-state index contributed by atoms with van der Waals surface area (Å²) < 4.78 is 42.9. The molecule has 10 heteroatoms. The van der Waals surface area contributed by atoms with E-state index in [4.69, 9.17) is 38.9 Å². The average molecular weight is 686 g/mol. The highest BCUT2D eigenvalue weighted by atomic mass is 16.8. The molecule has 2 N–H and O–H groups in total. The lowest BCUT2D eigenvalue weighted by molar-refractivity contribution is -0.0810. The van der Waals surface area contributed by atoms with Crippen LogP contribution in [0.4, 0.5) is 0 Å². The minimum absolute atomic E-state index is 0.0260. The topological polar surface area (TPSA) is 125 Å². The smallest absolute Gasteiger partial charge is 0.343 e. The van der Waals surface area contributed by atoms with Crippen LogP contribution < -0.4 is 34.2 Å². The van der Waals surface area contributed by atoms with Gasteiger partial charge in [-0.3, -0.25) is 5.73 Å². The van der Waals surface area contributed by atoms with Crippen molar-refractivity contribution in [2.24, 2.45) is 5.73 Å². The zero-order chi connectivity index (χ0) is 35.8. The first-order chi connectivity index (χ1) is 24.5. The number of hydrogen-bond donors (Lipinski definition) is 1. The number of fused-ring (bicyclic) bond motifs is 2. The number of rotatable bonds is 9. The van der Waals surface area contributed by atoms with Crippen LogP contribution >= 0.6 is 0 Å². The molecular weight excluding hydrogens is 650 g/mol. The number of ether oxygens (including phenoxy) is 7. The van der Waals surface area contributed by atoms with Crippen LogP contribution in [0.5, 0.6) is 34.5 Å². The highest BCUT2D eigenvalue weighted by molar-refractivity contribution is 5.95. The standard InChI is InChI=1S/C41H35NO9/c1-5-21-45-31-22-26(24-33-35(31)49-40(47-33,28-15-9-6-10-16-28)29-17-11-7-12-18-29)37(43)46-32-23-27(38(44)51-39(2,3)4)25-34-36(32)50-41(42,48-34)30-19-13-8-14-20-30/h5-20,22-25H,1,21,42H2,2-4H3. The van der Waals surface area contributed by atoms with Crippen molar-refractivity contribution < 1.29 is 42.7 Å². The van der Waals surface area contributed by atoms with Crippen LogP contribution in [0.3, 0.4) is 0 Å². The van der Waals surface area contributed by atoms with Gasteiger partial charge in [0.1, 0.15) is 12.2 Å². The van der Waals surface area contributed by atoms with Gasteiger partial charge in [0.05, 0.1) is 16.7 Å². The Morgan fingerprint density at radius 1 is 0.686 bits per heavy atom. The molecule has 0 saturated heterocycles. The molecule has 2 heterocycles. The average Bonchev–Trinajstić information content (AvgIpc) is 3.70. The van der Waals surface area contributed by atoms with E-state index in [0.717, 1.165) is 11.1 Å². The Bertz CT molecular complexity index is 2070. The Hall–Kier alpha value is -6.26. The van der Waals surface area contributed by atoms with E-state index in [1.807, 2.05) is 66.7 Å². The molecule has 258 valence electrons. The van der Waals surface area contributed by atoms with Crippen LogP contribution in [0.15, 0.2) is 128 Å². The van der Waals surface area contributed by atoms with E-state index < -0.39 is 29.2 Å². The van der Waals surface area contributed by atoms with Gasteiger partial charge in [0.15, 0.2) is 23.0 Å². The summed E-state index contributed by atoms with van der Waals surface area (Å²) in [5.41, 5.74) is 7.83. The fraction of sp³-hybridized carbons (Fsp3) is 0.171. The summed E-state index contributed by atoms with van der Waals surface area (Å²) in [6.07, 6.45) is 1.57. The summed E-state index contributed by atoms with van der Waals surface area (Å²) in [5, 5.41) is 0. The molecule has 0 spiro atoms. The molecule has 2 aliphatic heterocycles. The van der Waals surface area contributed by atoms with Gasteiger partial charge in [0.25, 0.3) is 0 Å². The molecule has 0 fully saturated rings. The molecule has 0 amide bonds. The number of nitrogens with two attached hydrogens (primary N) is 1. The molecule has 1 unspecified atom stereocenters. The lowest BCUT2D eigenvalue weighted by Gasteiger charge is -2.28. The highest BCUT2D eigenvalue weighted by Gasteiger charge is 2.47. The Balaban J connectivity index is 1.28. The van der Waals surface area contributed by atoms with E-state index in [1.165, 1.54) is 24.3 Å². The normalized spacial score (nSPS) is 16.6. The third-order valence-corrected chi connectivity index (χ3v) is 7.97. The lowest BCUT2D eigenvalue weighted by Crippen LogP contribution is -2.44. The number of esters is 2. The second kappa shape index (κ2) is 12.9. The number of carbonyl (C=O) groups excluding carboxylic acids is 2. The maximum absolute atomic E-state index is 14.0. The van der Waals surface area contributed by atoms with Crippen molar-refractivity contribution in [3.63, 3.8) is 0 Å². The Labute approximate surface area is 294 Å². The zero-order valence-corrected chi connectivity index (χ0v) is 28.2. The van der Waals surface area contributed by atoms with Crippen LogP contribution in [-0.2, 0) is 16.4 Å². The predicted molar refractivity (Wildman–Crippen MR) is 187 cm³/mol. The quantitative estimate of drug-likeness (QED) is 0.0940.